The lowest BCUT2D eigenvalue weighted by molar-refractivity contribution is 0.370. The maximum absolute atomic E-state index is 13.8. The van der Waals surface area contributed by atoms with Crippen LogP contribution in [0.25, 0.3) is 16.5 Å². The van der Waals surface area contributed by atoms with E-state index in [1.54, 1.807) is 18.2 Å². The molecule has 1 aliphatic rings. The zero-order chi connectivity index (χ0) is 19.0. The molecule has 3 aromatic rings. The summed E-state index contributed by atoms with van der Waals surface area (Å²) in [5.41, 5.74) is 3.21. The SMILES string of the molecule is CN1CC=C(c2c[nH]c3ccc(OS(=O)c4c(F)cccc4F)cc23)CC1. The van der Waals surface area contributed by atoms with Crippen LogP contribution in [-0.2, 0) is 11.1 Å². The minimum absolute atomic E-state index is 0.290. The molecule has 4 rings (SSSR count). The molecule has 0 saturated carbocycles. The highest BCUT2D eigenvalue weighted by molar-refractivity contribution is 7.80. The highest BCUT2D eigenvalue weighted by Crippen LogP contribution is 2.32. The summed E-state index contributed by atoms with van der Waals surface area (Å²) in [5.74, 6) is -1.50. The number of fused-ring (bicyclic) bond motifs is 1. The fourth-order valence-corrected chi connectivity index (χ4v) is 4.02. The van der Waals surface area contributed by atoms with Crippen LogP contribution in [0.3, 0.4) is 0 Å². The Hall–Kier alpha value is -2.51. The summed E-state index contributed by atoms with van der Waals surface area (Å²) < 4.78 is 45.3. The van der Waals surface area contributed by atoms with Gasteiger partial charge in [-0.1, -0.05) is 12.1 Å². The van der Waals surface area contributed by atoms with Gasteiger partial charge >= 0.3 is 0 Å². The van der Waals surface area contributed by atoms with Gasteiger partial charge in [0.25, 0.3) is 0 Å². The van der Waals surface area contributed by atoms with Gasteiger partial charge < -0.3 is 14.1 Å². The summed E-state index contributed by atoms with van der Waals surface area (Å²) in [4.78, 5) is 4.88. The van der Waals surface area contributed by atoms with E-state index in [9.17, 15) is 13.0 Å². The van der Waals surface area contributed by atoms with Crippen LogP contribution in [0, 0.1) is 11.6 Å². The normalized spacial score (nSPS) is 16.3. The lowest BCUT2D eigenvalue weighted by Gasteiger charge is -2.21. The smallest absolute Gasteiger partial charge is 0.246 e. The predicted molar refractivity (Wildman–Crippen MR) is 102 cm³/mol. The molecule has 0 aliphatic carbocycles. The summed E-state index contributed by atoms with van der Waals surface area (Å²) in [7, 11) is 2.08. The van der Waals surface area contributed by atoms with Crippen molar-refractivity contribution in [1.29, 1.82) is 0 Å². The van der Waals surface area contributed by atoms with Crippen LogP contribution < -0.4 is 4.18 Å². The first-order valence-electron chi connectivity index (χ1n) is 8.56. The fourth-order valence-electron chi connectivity index (χ4n) is 3.20. The molecule has 0 bridgehead atoms. The molecule has 1 N–H and O–H groups in total. The average molecular weight is 388 g/mol. The second-order valence-corrected chi connectivity index (χ2v) is 7.56. The van der Waals surface area contributed by atoms with Crippen molar-refractivity contribution >= 4 is 27.6 Å². The lowest BCUT2D eigenvalue weighted by atomic mass is 9.99. The maximum atomic E-state index is 13.8. The van der Waals surface area contributed by atoms with Gasteiger partial charge in [-0.15, -0.1) is 0 Å². The number of hydrogen-bond donors (Lipinski definition) is 1. The molecule has 7 heteroatoms. The predicted octanol–water partition coefficient (Wildman–Crippen LogP) is 4.27. The molecular formula is C20H18F2N2O2S. The third kappa shape index (κ3) is 3.52. The van der Waals surface area contributed by atoms with Crippen LogP contribution in [-0.4, -0.2) is 34.2 Å². The molecule has 27 heavy (non-hydrogen) atoms. The number of halogens is 2. The highest BCUT2D eigenvalue weighted by Gasteiger charge is 2.19. The van der Waals surface area contributed by atoms with Crippen molar-refractivity contribution in [3.63, 3.8) is 0 Å². The topological polar surface area (TPSA) is 45.3 Å². The zero-order valence-electron chi connectivity index (χ0n) is 14.7. The Morgan fingerprint density at radius 2 is 1.96 bits per heavy atom. The molecule has 2 aromatic carbocycles. The van der Waals surface area contributed by atoms with E-state index in [4.69, 9.17) is 4.18 Å². The number of H-pyrrole nitrogens is 1. The Balaban J connectivity index is 1.66. The summed E-state index contributed by atoms with van der Waals surface area (Å²) in [5, 5.41) is 0.925. The van der Waals surface area contributed by atoms with Crippen molar-refractivity contribution in [2.24, 2.45) is 0 Å². The molecule has 1 aliphatic heterocycles. The first-order chi connectivity index (χ1) is 13.0. The lowest BCUT2D eigenvalue weighted by Crippen LogP contribution is -2.23. The van der Waals surface area contributed by atoms with Gasteiger partial charge in [-0.25, -0.2) is 13.0 Å². The van der Waals surface area contributed by atoms with E-state index in [0.717, 1.165) is 48.1 Å². The van der Waals surface area contributed by atoms with Gasteiger partial charge in [0.1, 0.15) is 22.3 Å². The van der Waals surface area contributed by atoms with Gasteiger partial charge in [0.05, 0.1) is 0 Å². The second kappa shape index (κ2) is 7.25. The summed E-state index contributed by atoms with van der Waals surface area (Å²) in [6.07, 6.45) is 5.06. The molecule has 2 heterocycles. The first kappa shape index (κ1) is 17.9. The molecule has 0 amide bonds. The average Bonchev–Trinajstić information content (AvgIpc) is 3.05. The standard InChI is InChI=1S/C20H18F2N2O2S/c1-24-9-7-13(8-10-24)16-12-23-19-6-5-14(11-15(16)19)26-27(25)20-17(21)3-2-4-18(20)22/h2-7,11-12,23H,8-10H2,1H3. The van der Waals surface area contributed by atoms with Crippen molar-refractivity contribution in [3.8, 4) is 5.75 Å². The Morgan fingerprint density at radius 1 is 1.19 bits per heavy atom. The summed E-state index contributed by atoms with van der Waals surface area (Å²) in [6.45, 7) is 1.86. The zero-order valence-corrected chi connectivity index (χ0v) is 15.5. The third-order valence-electron chi connectivity index (χ3n) is 4.67. The Bertz CT molecular complexity index is 1040. The number of nitrogens with one attached hydrogen (secondary N) is 1. The number of rotatable bonds is 4. The van der Waals surface area contributed by atoms with Crippen molar-refractivity contribution in [1.82, 2.24) is 9.88 Å². The molecular weight excluding hydrogens is 370 g/mol. The minimum atomic E-state index is -2.29. The molecule has 0 saturated heterocycles. The van der Waals surface area contributed by atoms with E-state index in [0.29, 0.717) is 0 Å². The van der Waals surface area contributed by atoms with Crippen LogP contribution in [0.5, 0.6) is 5.75 Å². The number of aromatic amines is 1. The number of hydrogen-bond acceptors (Lipinski definition) is 3. The van der Waals surface area contributed by atoms with E-state index < -0.39 is 27.6 Å². The van der Waals surface area contributed by atoms with Gasteiger partial charge in [-0.2, -0.15) is 0 Å². The van der Waals surface area contributed by atoms with Gasteiger partial charge in [0.15, 0.2) is 0 Å². The van der Waals surface area contributed by atoms with Crippen LogP contribution in [0.15, 0.2) is 53.6 Å². The van der Waals surface area contributed by atoms with Crippen LogP contribution >= 0.6 is 0 Å². The van der Waals surface area contributed by atoms with E-state index in [1.807, 2.05) is 6.20 Å². The highest BCUT2D eigenvalue weighted by atomic mass is 32.2. The van der Waals surface area contributed by atoms with E-state index in [1.165, 1.54) is 11.6 Å². The van der Waals surface area contributed by atoms with Crippen molar-refractivity contribution in [2.45, 2.75) is 11.3 Å². The number of aromatic nitrogens is 1. The molecule has 1 aromatic heterocycles. The second-order valence-electron chi connectivity index (χ2n) is 6.52. The number of benzene rings is 2. The van der Waals surface area contributed by atoms with Gasteiger partial charge in [0.2, 0.25) is 11.1 Å². The monoisotopic (exact) mass is 388 g/mol. The molecule has 0 fully saturated rings. The molecule has 140 valence electrons. The summed E-state index contributed by atoms with van der Waals surface area (Å²) in [6, 6.07) is 8.51. The Labute approximate surface area is 158 Å². The van der Waals surface area contributed by atoms with E-state index in [2.05, 4.69) is 23.0 Å². The number of likely N-dealkylation sites (N-methyl/N-ethyl adjacent to an activating group) is 1. The molecule has 0 spiro atoms. The Morgan fingerprint density at radius 3 is 2.67 bits per heavy atom. The van der Waals surface area contributed by atoms with Crippen molar-refractivity contribution < 1.29 is 17.2 Å². The van der Waals surface area contributed by atoms with Crippen molar-refractivity contribution in [3.05, 3.63) is 65.9 Å². The van der Waals surface area contributed by atoms with Crippen molar-refractivity contribution in [2.75, 3.05) is 20.1 Å². The maximum Gasteiger partial charge on any atom is 0.246 e. The quantitative estimate of drug-likeness (QED) is 0.726. The largest absolute Gasteiger partial charge is 0.397 e. The van der Waals surface area contributed by atoms with Gasteiger partial charge in [-0.3, -0.25) is 0 Å². The minimum Gasteiger partial charge on any atom is -0.397 e. The molecule has 0 radical (unpaired) electrons. The van der Waals surface area contributed by atoms with Crippen LogP contribution in [0.4, 0.5) is 8.78 Å². The fraction of sp³-hybridized carbons (Fsp3) is 0.200. The third-order valence-corrected chi connectivity index (χ3v) is 5.74. The summed E-state index contributed by atoms with van der Waals surface area (Å²) >= 11 is -2.29. The van der Waals surface area contributed by atoms with E-state index in [-0.39, 0.29) is 5.75 Å². The molecule has 1 atom stereocenters. The molecule has 1 unspecified atom stereocenters. The van der Waals surface area contributed by atoms with Gasteiger partial charge in [0, 0.05) is 35.8 Å². The molecule has 4 nitrogen and oxygen atoms in total. The van der Waals surface area contributed by atoms with Crippen LogP contribution in [0.2, 0.25) is 0 Å². The number of nitrogens with zero attached hydrogens (tertiary/aromatic N) is 1. The van der Waals surface area contributed by atoms with Gasteiger partial charge in [-0.05, 0) is 49.4 Å². The first-order valence-corrected chi connectivity index (χ1v) is 9.63. The Kier molecular flexibility index (Phi) is 4.80. The van der Waals surface area contributed by atoms with Crippen LogP contribution in [0.1, 0.15) is 12.0 Å². The van der Waals surface area contributed by atoms with E-state index >= 15 is 0 Å².